The van der Waals surface area contributed by atoms with E-state index in [4.69, 9.17) is 9.47 Å². The topological polar surface area (TPSA) is 80.9 Å². The van der Waals surface area contributed by atoms with E-state index < -0.39 is 23.4 Å². The molecule has 6 nitrogen and oxygen atoms in total. The van der Waals surface area contributed by atoms with Gasteiger partial charge in [-0.2, -0.15) is 18.4 Å². The summed E-state index contributed by atoms with van der Waals surface area (Å²) in [7, 11) is 0. The van der Waals surface area contributed by atoms with Gasteiger partial charge in [0.25, 0.3) is 0 Å². The molecule has 0 aliphatic carbocycles. The molecule has 0 saturated carbocycles. The Morgan fingerprint density at radius 1 is 0.927 bits per heavy atom. The number of nitrogens with zero attached hydrogens (tertiary/aromatic N) is 4. The number of aromatic nitrogens is 3. The van der Waals surface area contributed by atoms with Gasteiger partial charge < -0.3 is 9.47 Å². The summed E-state index contributed by atoms with van der Waals surface area (Å²) in [4.78, 5) is 12.5. The third-order valence-electron chi connectivity index (χ3n) is 6.39. The van der Waals surface area contributed by atoms with E-state index >= 15 is 0 Å². The van der Waals surface area contributed by atoms with E-state index in [1.807, 2.05) is 36.4 Å². The Balaban J connectivity index is 1.73. The molecule has 206 valence electrons. The SMILES string of the molecule is Cc1c(Oc2ncc(C(F)(F)F)c(C)c2-c2cc(OCc3ccccc3)c3c(C#N)nccc3n2)ccc(F)c1F. The average molecular weight is 562 g/mol. The zero-order valence-corrected chi connectivity index (χ0v) is 21.6. The largest absolute Gasteiger partial charge is 0.488 e. The second kappa shape index (κ2) is 10.8. The zero-order chi connectivity index (χ0) is 29.3. The lowest BCUT2D eigenvalue weighted by molar-refractivity contribution is -0.138. The van der Waals surface area contributed by atoms with E-state index in [1.54, 1.807) is 0 Å². The van der Waals surface area contributed by atoms with Gasteiger partial charge in [0.15, 0.2) is 17.3 Å². The van der Waals surface area contributed by atoms with Gasteiger partial charge in [0.05, 0.1) is 27.7 Å². The molecule has 0 aliphatic rings. The number of fused-ring (bicyclic) bond motifs is 1. The molecule has 0 amide bonds. The van der Waals surface area contributed by atoms with Gasteiger partial charge >= 0.3 is 6.18 Å². The molecule has 0 bridgehead atoms. The predicted molar refractivity (Wildman–Crippen MR) is 139 cm³/mol. The van der Waals surface area contributed by atoms with Crippen molar-refractivity contribution in [2.24, 2.45) is 0 Å². The Morgan fingerprint density at radius 2 is 1.68 bits per heavy atom. The van der Waals surface area contributed by atoms with Crippen LogP contribution >= 0.6 is 0 Å². The lowest BCUT2D eigenvalue weighted by Gasteiger charge is -2.19. The van der Waals surface area contributed by atoms with Crippen LogP contribution in [0.2, 0.25) is 0 Å². The van der Waals surface area contributed by atoms with Gasteiger partial charge in [-0.05, 0) is 43.2 Å². The molecule has 0 unspecified atom stereocenters. The Bertz CT molecular complexity index is 1820. The Kier molecular flexibility index (Phi) is 7.24. The van der Waals surface area contributed by atoms with Crippen LogP contribution in [0.15, 0.2) is 67.0 Å². The highest BCUT2D eigenvalue weighted by Gasteiger charge is 2.35. The molecule has 0 fully saturated rings. The van der Waals surface area contributed by atoms with E-state index in [1.165, 1.54) is 32.2 Å². The lowest BCUT2D eigenvalue weighted by Crippen LogP contribution is -2.11. The third kappa shape index (κ3) is 5.36. The van der Waals surface area contributed by atoms with Gasteiger partial charge in [-0.15, -0.1) is 0 Å². The van der Waals surface area contributed by atoms with Crippen LogP contribution in [-0.2, 0) is 12.8 Å². The Hall–Kier alpha value is -5.11. The lowest BCUT2D eigenvalue weighted by atomic mass is 10.0. The summed E-state index contributed by atoms with van der Waals surface area (Å²) in [6.07, 6.45) is -2.81. The van der Waals surface area contributed by atoms with Crippen molar-refractivity contribution in [2.75, 3.05) is 0 Å². The molecule has 0 aliphatic heterocycles. The summed E-state index contributed by atoms with van der Waals surface area (Å²) in [5.74, 6) is -2.59. The monoisotopic (exact) mass is 562 g/mol. The minimum atomic E-state index is -4.76. The minimum Gasteiger partial charge on any atom is -0.488 e. The summed E-state index contributed by atoms with van der Waals surface area (Å²) < 4.78 is 81.6. The zero-order valence-electron chi connectivity index (χ0n) is 21.6. The first-order valence-corrected chi connectivity index (χ1v) is 12.1. The first-order valence-electron chi connectivity index (χ1n) is 12.1. The van der Waals surface area contributed by atoms with Crippen LogP contribution < -0.4 is 9.47 Å². The molecular formula is C30H19F5N4O2. The Morgan fingerprint density at radius 3 is 2.39 bits per heavy atom. The third-order valence-corrected chi connectivity index (χ3v) is 6.39. The molecule has 41 heavy (non-hydrogen) atoms. The van der Waals surface area contributed by atoms with E-state index in [0.717, 1.165) is 17.7 Å². The fourth-order valence-corrected chi connectivity index (χ4v) is 4.30. The van der Waals surface area contributed by atoms with Gasteiger partial charge in [0.1, 0.15) is 24.2 Å². The summed E-state index contributed by atoms with van der Waals surface area (Å²) >= 11 is 0. The van der Waals surface area contributed by atoms with E-state index in [0.29, 0.717) is 6.20 Å². The van der Waals surface area contributed by atoms with E-state index in [-0.39, 0.29) is 63.0 Å². The van der Waals surface area contributed by atoms with Gasteiger partial charge in [0.2, 0.25) is 5.88 Å². The van der Waals surface area contributed by atoms with Crippen molar-refractivity contribution in [3.63, 3.8) is 0 Å². The highest BCUT2D eigenvalue weighted by atomic mass is 19.4. The highest BCUT2D eigenvalue weighted by Crippen LogP contribution is 2.43. The van der Waals surface area contributed by atoms with Crippen molar-refractivity contribution < 1.29 is 31.4 Å². The standard InChI is InChI=1S/C30H19F5N4O2/c1-16-19(30(33,34)35)14-38-29(41-24-9-8-20(31)28(32)17(24)2)26(16)22-12-25(40-15-18-6-4-3-5-7-18)27-21(39-22)10-11-37-23(27)13-36/h3-12,14H,15H2,1-2H3. The molecule has 0 atom stereocenters. The minimum absolute atomic E-state index is 0.0115. The first kappa shape index (κ1) is 27.5. The number of ether oxygens (including phenoxy) is 2. The molecular weight excluding hydrogens is 543 g/mol. The first-order chi connectivity index (χ1) is 19.6. The smallest absolute Gasteiger partial charge is 0.418 e. The van der Waals surface area contributed by atoms with Crippen LogP contribution in [0.5, 0.6) is 17.4 Å². The average Bonchev–Trinajstić information content (AvgIpc) is 2.95. The normalized spacial score (nSPS) is 11.4. The summed E-state index contributed by atoms with van der Waals surface area (Å²) in [5, 5.41) is 9.94. The van der Waals surface area contributed by atoms with Crippen molar-refractivity contribution in [2.45, 2.75) is 26.6 Å². The molecule has 0 N–H and O–H groups in total. The van der Waals surface area contributed by atoms with Gasteiger partial charge in [0, 0.05) is 24.0 Å². The number of hydrogen-bond donors (Lipinski definition) is 0. The van der Waals surface area contributed by atoms with Gasteiger partial charge in [-0.25, -0.2) is 23.7 Å². The van der Waals surface area contributed by atoms with Crippen molar-refractivity contribution in [1.82, 2.24) is 15.0 Å². The van der Waals surface area contributed by atoms with Crippen LogP contribution in [0.4, 0.5) is 22.0 Å². The molecule has 11 heteroatoms. The number of nitriles is 1. The van der Waals surface area contributed by atoms with Crippen LogP contribution in [0.3, 0.4) is 0 Å². The summed E-state index contributed by atoms with van der Waals surface area (Å²) in [6, 6.07) is 16.0. The maximum absolute atomic E-state index is 14.3. The van der Waals surface area contributed by atoms with Crippen molar-refractivity contribution in [3.8, 4) is 34.7 Å². The van der Waals surface area contributed by atoms with Crippen molar-refractivity contribution >= 4 is 10.9 Å². The molecule has 5 rings (SSSR count). The maximum atomic E-state index is 14.3. The summed E-state index contributed by atoms with van der Waals surface area (Å²) in [6.45, 7) is 2.58. The quantitative estimate of drug-likeness (QED) is 0.196. The number of pyridine rings is 3. The van der Waals surface area contributed by atoms with Crippen molar-refractivity contribution in [1.29, 1.82) is 5.26 Å². The molecule has 2 aromatic carbocycles. The van der Waals surface area contributed by atoms with Gasteiger partial charge in [-0.1, -0.05) is 30.3 Å². The fraction of sp³-hybridized carbons (Fsp3) is 0.133. The number of halogens is 5. The number of alkyl halides is 3. The molecule has 0 spiro atoms. The molecule has 3 aromatic heterocycles. The number of benzene rings is 2. The summed E-state index contributed by atoms with van der Waals surface area (Å²) in [5.41, 5.74) is -0.621. The predicted octanol–water partition coefficient (Wildman–Crippen LogP) is 7.85. The van der Waals surface area contributed by atoms with Gasteiger partial charge in [-0.3, -0.25) is 0 Å². The van der Waals surface area contributed by atoms with E-state index in [2.05, 4.69) is 15.0 Å². The molecule has 0 saturated heterocycles. The number of hydrogen-bond acceptors (Lipinski definition) is 6. The number of rotatable bonds is 6. The fourth-order valence-electron chi connectivity index (χ4n) is 4.30. The van der Waals surface area contributed by atoms with Crippen molar-refractivity contribution in [3.05, 3.63) is 107 Å². The van der Waals surface area contributed by atoms with Crippen LogP contribution in [0.25, 0.3) is 22.2 Å². The van der Waals surface area contributed by atoms with Crippen LogP contribution in [-0.4, -0.2) is 15.0 Å². The molecule has 5 aromatic rings. The van der Waals surface area contributed by atoms with Crippen LogP contribution in [0.1, 0.15) is 27.9 Å². The van der Waals surface area contributed by atoms with Crippen LogP contribution in [0, 0.1) is 36.8 Å². The molecule has 3 heterocycles. The molecule has 0 radical (unpaired) electrons. The second-order valence-electron chi connectivity index (χ2n) is 9.01. The highest BCUT2D eigenvalue weighted by molar-refractivity contribution is 5.92. The second-order valence-corrected chi connectivity index (χ2v) is 9.01. The Labute approximate surface area is 230 Å². The van der Waals surface area contributed by atoms with E-state index in [9.17, 15) is 27.2 Å². The maximum Gasteiger partial charge on any atom is 0.418 e.